The maximum atomic E-state index is 10.8. The van der Waals surface area contributed by atoms with E-state index in [0.29, 0.717) is 22.6 Å². The van der Waals surface area contributed by atoms with Crippen molar-refractivity contribution in [3.63, 3.8) is 0 Å². The molecule has 0 saturated carbocycles. The zero-order chi connectivity index (χ0) is 16.1. The van der Waals surface area contributed by atoms with Gasteiger partial charge < -0.3 is 15.2 Å². The topological polar surface area (TPSA) is 111 Å². The second kappa shape index (κ2) is 8.00. The molecule has 0 bridgehead atoms. The Balaban J connectivity index is 0.00000264. The van der Waals surface area contributed by atoms with E-state index in [1.807, 2.05) is 0 Å². The van der Waals surface area contributed by atoms with Gasteiger partial charge in [0.2, 0.25) is 0 Å². The number of hydrogen-bond donors (Lipinski definition) is 2. The van der Waals surface area contributed by atoms with Crippen molar-refractivity contribution in [2.45, 2.75) is 6.61 Å². The highest BCUT2D eigenvalue weighted by molar-refractivity contribution is 5.98. The second-order valence-corrected chi connectivity index (χ2v) is 4.47. The normalized spacial score (nSPS) is 9.61. The van der Waals surface area contributed by atoms with Crippen molar-refractivity contribution in [1.29, 1.82) is 5.41 Å². The third kappa shape index (κ3) is 4.33. The van der Waals surface area contributed by atoms with Crippen molar-refractivity contribution >= 4 is 23.9 Å². The van der Waals surface area contributed by atoms with Gasteiger partial charge in [0.05, 0.1) is 17.6 Å². The second-order valence-electron chi connectivity index (χ2n) is 4.47. The lowest BCUT2D eigenvalue weighted by Gasteiger charge is -2.14. The molecule has 0 aliphatic heterocycles. The van der Waals surface area contributed by atoms with Crippen molar-refractivity contribution in [2.75, 3.05) is 7.11 Å². The first kappa shape index (κ1) is 18.2. The van der Waals surface area contributed by atoms with E-state index in [2.05, 4.69) is 0 Å². The lowest BCUT2D eigenvalue weighted by molar-refractivity contribution is -0.384. The third-order valence-corrected chi connectivity index (χ3v) is 2.99. The summed E-state index contributed by atoms with van der Waals surface area (Å²) in [6.07, 6.45) is 0. The van der Waals surface area contributed by atoms with Crippen LogP contribution in [0.4, 0.5) is 5.69 Å². The minimum Gasteiger partial charge on any atom is -0.493 e. The van der Waals surface area contributed by atoms with Gasteiger partial charge in [0.15, 0.2) is 11.5 Å². The van der Waals surface area contributed by atoms with Crippen molar-refractivity contribution in [3.05, 3.63) is 63.7 Å². The van der Waals surface area contributed by atoms with Crippen LogP contribution < -0.4 is 15.2 Å². The van der Waals surface area contributed by atoms with Crippen LogP contribution in [0.15, 0.2) is 42.5 Å². The predicted molar refractivity (Wildman–Crippen MR) is 88.7 cm³/mol. The monoisotopic (exact) mass is 337 g/mol. The molecule has 2 aromatic carbocycles. The van der Waals surface area contributed by atoms with Gasteiger partial charge in [0.1, 0.15) is 12.4 Å². The van der Waals surface area contributed by atoms with Gasteiger partial charge in [-0.3, -0.25) is 15.5 Å². The zero-order valence-corrected chi connectivity index (χ0v) is 13.1. The number of non-ortho nitro benzene ring substituents is 1. The van der Waals surface area contributed by atoms with E-state index in [9.17, 15) is 10.1 Å². The zero-order valence-electron chi connectivity index (χ0n) is 12.3. The fraction of sp³-hybridized carbons (Fsp3) is 0.133. The Morgan fingerprint density at radius 2 is 2.00 bits per heavy atom. The summed E-state index contributed by atoms with van der Waals surface area (Å²) in [4.78, 5) is 10.3. The van der Waals surface area contributed by atoms with Gasteiger partial charge in [-0.1, -0.05) is 18.2 Å². The number of ether oxygens (including phenoxy) is 2. The van der Waals surface area contributed by atoms with Crippen LogP contribution in [-0.2, 0) is 6.61 Å². The number of halogens is 1. The minimum atomic E-state index is -0.465. The molecule has 0 unspecified atom stereocenters. The van der Waals surface area contributed by atoms with Crippen LogP contribution in [0.3, 0.4) is 0 Å². The number of nitro benzene ring substituents is 1. The van der Waals surface area contributed by atoms with Crippen molar-refractivity contribution in [2.24, 2.45) is 5.73 Å². The molecule has 2 rings (SSSR count). The summed E-state index contributed by atoms with van der Waals surface area (Å²) in [5, 5.41) is 18.3. The van der Waals surface area contributed by atoms with Crippen LogP contribution in [0.2, 0.25) is 0 Å². The largest absolute Gasteiger partial charge is 0.493 e. The summed E-state index contributed by atoms with van der Waals surface area (Å²) >= 11 is 0. The number of benzene rings is 2. The molecule has 0 radical (unpaired) electrons. The number of methoxy groups -OCH3 is 1. The van der Waals surface area contributed by atoms with Crippen LogP contribution in [0, 0.1) is 15.5 Å². The molecule has 0 amide bonds. The Morgan fingerprint density at radius 1 is 1.30 bits per heavy atom. The van der Waals surface area contributed by atoms with Gasteiger partial charge in [0, 0.05) is 12.1 Å². The summed E-state index contributed by atoms with van der Waals surface area (Å²) in [6, 6.07) is 11.2. The Labute approximate surface area is 139 Å². The summed E-state index contributed by atoms with van der Waals surface area (Å²) in [5.74, 6) is 0.634. The number of nitrogens with two attached hydrogens (primary N) is 1. The minimum absolute atomic E-state index is 0. The van der Waals surface area contributed by atoms with Crippen LogP contribution in [0.5, 0.6) is 11.5 Å². The molecule has 0 heterocycles. The van der Waals surface area contributed by atoms with Crippen LogP contribution in [0.25, 0.3) is 0 Å². The van der Waals surface area contributed by atoms with Gasteiger partial charge in [-0.2, -0.15) is 0 Å². The highest BCUT2D eigenvalue weighted by Crippen LogP contribution is 2.31. The number of nitrogens with one attached hydrogen (secondary N) is 1. The molecule has 2 aromatic rings. The van der Waals surface area contributed by atoms with E-state index >= 15 is 0 Å². The highest BCUT2D eigenvalue weighted by atomic mass is 35.5. The van der Waals surface area contributed by atoms with E-state index in [1.165, 1.54) is 19.2 Å². The highest BCUT2D eigenvalue weighted by Gasteiger charge is 2.13. The molecule has 0 aliphatic rings. The first-order valence-corrected chi connectivity index (χ1v) is 6.40. The van der Waals surface area contributed by atoms with Gasteiger partial charge >= 0.3 is 0 Å². The lowest BCUT2D eigenvalue weighted by atomic mass is 10.1. The van der Waals surface area contributed by atoms with Crippen molar-refractivity contribution in [3.8, 4) is 11.5 Å². The predicted octanol–water partition coefficient (Wildman–Crippen LogP) is 2.89. The number of para-hydroxylation sites is 1. The smallest absolute Gasteiger partial charge is 0.269 e. The molecule has 0 atom stereocenters. The number of rotatable bonds is 6. The molecule has 0 aromatic heterocycles. The van der Waals surface area contributed by atoms with Crippen LogP contribution in [-0.4, -0.2) is 17.9 Å². The molecule has 8 heteroatoms. The summed E-state index contributed by atoms with van der Waals surface area (Å²) < 4.78 is 10.9. The fourth-order valence-corrected chi connectivity index (χ4v) is 1.95. The summed E-state index contributed by atoms with van der Waals surface area (Å²) in [5.41, 5.74) is 6.56. The molecular weight excluding hydrogens is 322 g/mol. The maximum Gasteiger partial charge on any atom is 0.269 e. The summed E-state index contributed by atoms with van der Waals surface area (Å²) in [6.45, 7) is 0.0995. The number of nitrogen functional groups attached to an aromatic ring is 1. The molecular formula is C15H16ClN3O4. The average molecular weight is 338 g/mol. The van der Waals surface area contributed by atoms with Gasteiger partial charge in [-0.25, -0.2) is 0 Å². The van der Waals surface area contributed by atoms with Crippen LogP contribution >= 0.6 is 12.4 Å². The van der Waals surface area contributed by atoms with Gasteiger partial charge in [-0.05, 0) is 17.7 Å². The lowest BCUT2D eigenvalue weighted by Crippen LogP contribution is -2.13. The van der Waals surface area contributed by atoms with E-state index < -0.39 is 4.92 Å². The number of nitrogens with zero attached hydrogens (tertiary/aromatic N) is 1. The molecule has 0 aliphatic carbocycles. The van der Waals surface area contributed by atoms with Crippen LogP contribution in [0.1, 0.15) is 11.1 Å². The first-order valence-electron chi connectivity index (χ1n) is 6.40. The molecule has 0 saturated heterocycles. The molecule has 122 valence electrons. The Hall–Kier alpha value is -2.80. The standard InChI is InChI=1S/C15H15N3O4.ClH/c1-21-13-7-3-6-12(15(16)17)14(13)22-9-10-4-2-5-11(8-10)18(19)20;/h2-8H,9H2,1H3,(H3,16,17);1H. The molecule has 7 nitrogen and oxygen atoms in total. The Bertz CT molecular complexity index is 722. The SMILES string of the molecule is COc1cccc(C(=N)N)c1OCc1cccc([N+](=O)[O-])c1.Cl. The van der Waals surface area contributed by atoms with Crippen molar-refractivity contribution < 1.29 is 14.4 Å². The Kier molecular flexibility index (Phi) is 6.35. The van der Waals surface area contributed by atoms with E-state index in [4.69, 9.17) is 20.6 Å². The molecule has 3 N–H and O–H groups in total. The maximum absolute atomic E-state index is 10.8. The van der Waals surface area contributed by atoms with E-state index in [-0.39, 0.29) is 30.5 Å². The first-order chi connectivity index (χ1) is 10.5. The molecule has 23 heavy (non-hydrogen) atoms. The number of amidine groups is 1. The Morgan fingerprint density at radius 3 is 2.61 bits per heavy atom. The molecule has 0 spiro atoms. The third-order valence-electron chi connectivity index (χ3n) is 2.99. The average Bonchev–Trinajstić information content (AvgIpc) is 2.52. The van der Waals surface area contributed by atoms with E-state index in [1.54, 1.807) is 30.3 Å². The quantitative estimate of drug-likeness (QED) is 0.364. The van der Waals surface area contributed by atoms with Crippen molar-refractivity contribution in [1.82, 2.24) is 0 Å². The fourth-order valence-electron chi connectivity index (χ4n) is 1.95. The molecule has 0 fully saturated rings. The number of nitro groups is 1. The van der Waals surface area contributed by atoms with Gasteiger partial charge in [0.25, 0.3) is 5.69 Å². The number of hydrogen-bond acceptors (Lipinski definition) is 5. The van der Waals surface area contributed by atoms with Gasteiger partial charge in [-0.15, -0.1) is 12.4 Å². The summed E-state index contributed by atoms with van der Waals surface area (Å²) in [7, 11) is 1.49. The van der Waals surface area contributed by atoms with E-state index in [0.717, 1.165) is 0 Å².